The Morgan fingerprint density at radius 3 is 2.71 bits per heavy atom. The molecule has 1 unspecified atom stereocenters. The van der Waals surface area contributed by atoms with E-state index in [1.54, 1.807) is 7.11 Å². The zero-order valence-electron chi connectivity index (χ0n) is 11.7. The Hall–Kier alpha value is -0.870. The lowest BCUT2D eigenvalue weighted by Crippen LogP contribution is -2.42. The first-order valence-corrected chi connectivity index (χ1v) is 6.36. The van der Waals surface area contributed by atoms with Crippen molar-refractivity contribution in [1.82, 2.24) is 14.9 Å². The predicted molar refractivity (Wildman–Crippen MR) is 70.0 cm³/mol. The van der Waals surface area contributed by atoms with Gasteiger partial charge < -0.3 is 14.6 Å². The summed E-state index contributed by atoms with van der Waals surface area (Å²) in [4.78, 5) is 4.47. The van der Waals surface area contributed by atoms with Crippen molar-refractivity contribution in [2.45, 2.75) is 52.3 Å². The third-order valence-electron chi connectivity index (χ3n) is 3.17. The number of nitrogens with zero attached hydrogens (tertiary/aromatic N) is 2. The monoisotopic (exact) mass is 239 g/mol. The average Bonchev–Trinajstić information content (AvgIpc) is 2.77. The van der Waals surface area contributed by atoms with Gasteiger partial charge in [-0.15, -0.1) is 0 Å². The Kier molecular flexibility index (Phi) is 5.15. The molecule has 0 amide bonds. The first-order chi connectivity index (χ1) is 8.06. The molecule has 1 N–H and O–H groups in total. The number of rotatable bonds is 7. The highest BCUT2D eigenvalue weighted by atomic mass is 16.5. The zero-order valence-corrected chi connectivity index (χ0v) is 11.7. The van der Waals surface area contributed by atoms with Crippen molar-refractivity contribution in [2.75, 3.05) is 13.7 Å². The van der Waals surface area contributed by atoms with Gasteiger partial charge in [0.25, 0.3) is 0 Å². The number of methoxy groups -OCH3 is 1. The highest BCUT2D eigenvalue weighted by Crippen LogP contribution is 2.27. The van der Waals surface area contributed by atoms with Gasteiger partial charge in [-0.1, -0.05) is 6.92 Å². The van der Waals surface area contributed by atoms with E-state index in [0.29, 0.717) is 0 Å². The largest absolute Gasteiger partial charge is 0.377 e. The van der Waals surface area contributed by atoms with Gasteiger partial charge in [0.2, 0.25) is 0 Å². The minimum atomic E-state index is -0.270. The van der Waals surface area contributed by atoms with Crippen molar-refractivity contribution < 1.29 is 4.74 Å². The molecule has 0 aliphatic carbocycles. The van der Waals surface area contributed by atoms with Crippen molar-refractivity contribution in [2.24, 2.45) is 0 Å². The number of hydrogen-bond donors (Lipinski definition) is 1. The lowest BCUT2D eigenvalue weighted by molar-refractivity contribution is -0.0143. The first-order valence-electron chi connectivity index (χ1n) is 6.36. The van der Waals surface area contributed by atoms with Crippen LogP contribution in [0.1, 0.15) is 46.0 Å². The number of hydrogen-bond acceptors (Lipinski definition) is 3. The van der Waals surface area contributed by atoms with Crippen molar-refractivity contribution in [3.8, 4) is 0 Å². The van der Waals surface area contributed by atoms with E-state index >= 15 is 0 Å². The van der Waals surface area contributed by atoms with Gasteiger partial charge in [0.15, 0.2) is 0 Å². The normalized spacial score (nSPS) is 13.9. The first kappa shape index (κ1) is 14.2. The van der Waals surface area contributed by atoms with Gasteiger partial charge >= 0.3 is 0 Å². The van der Waals surface area contributed by atoms with E-state index in [1.165, 1.54) is 0 Å². The molecule has 98 valence electrons. The molecule has 0 radical (unpaired) electrons. The molecule has 0 spiro atoms. The molecule has 1 rings (SSSR count). The van der Waals surface area contributed by atoms with Crippen LogP contribution in [0.25, 0.3) is 0 Å². The van der Waals surface area contributed by atoms with Crippen molar-refractivity contribution in [1.29, 1.82) is 0 Å². The van der Waals surface area contributed by atoms with Gasteiger partial charge in [0.05, 0.1) is 11.6 Å². The maximum absolute atomic E-state index is 5.60. The molecule has 17 heavy (non-hydrogen) atoms. The Morgan fingerprint density at radius 1 is 1.47 bits per heavy atom. The summed E-state index contributed by atoms with van der Waals surface area (Å²) in [5.41, 5.74) is -0.270. The van der Waals surface area contributed by atoms with E-state index in [1.807, 2.05) is 12.4 Å². The minimum absolute atomic E-state index is 0.113. The van der Waals surface area contributed by atoms with E-state index in [2.05, 4.69) is 42.6 Å². The van der Waals surface area contributed by atoms with Crippen LogP contribution in [0, 0.1) is 0 Å². The molecule has 4 heteroatoms. The summed E-state index contributed by atoms with van der Waals surface area (Å²) in [5.74, 6) is 1.05. The fraction of sp³-hybridized carbons (Fsp3) is 0.769. The maximum atomic E-state index is 5.60. The summed E-state index contributed by atoms with van der Waals surface area (Å²) >= 11 is 0. The second-order valence-electron chi connectivity index (χ2n) is 4.77. The Balaban J connectivity index is 2.97. The molecule has 1 atom stereocenters. The number of aryl methyl sites for hydroxylation is 1. The Morgan fingerprint density at radius 2 is 2.18 bits per heavy atom. The number of aromatic nitrogens is 2. The molecule has 0 saturated heterocycles. The molecule has 0 bridgehead atoms. The SMILES string of the molecule is CCCNC(c1nccn1CC)C(C)(C)OC. The van der Waals surface area contributed by atoms with Gasteiger partial charge in [-0.25, -0.2) is 4.98 Å². The van der Waals surface area contributed by atoms with Gasteiger partial charge in [0.1, 0.15) is 5.82 Å². The summed E-state index contributed by atoms with van der Waals surface area (Å²) in [5, 5.41) is 3.53. The van der Waals surface area contributed by atoms with Gasteiger partial charge in [0, 0.05) is 26.0 Å². The second kappa shape index (κ2) is 6.17. The molecular weight excluding hydrogens is 214 g/mol. The van der Waals surface area contributed by atoms with Crippen LogP contribution in [0.15, 0.2) is 12.4 Å². The van der Waals surface area contributed by atoms with E-state index < -0.39 is 0 Å². The second-order valence-corrected chi connectivity index (χ2v) is 4.77. The van der Waals surface area contributed by atoms with Crippen molar-refractivity contribution in [3.63, 3.8) is 0 Å². The highest BCUT2D eigenvalue weighted by molar-refractivity contribution is 5.05. The molecule has 4 nitrogen and oxygen atoms in total. The Labute approximate surface area is 104 Å². The summed E-state index contributed by atoms with van der Waals surface area (Å²) in [6.07, 6.45) is 4.97. The summed E-state index contributed by atoms with van der Waals surface area (Å²) in [7, 11) is 1.75. The molecule has 1 heterocycles. The van der Waals surface area contributed by atoms with Gasteiger partial charge in [-0.05, 0) is 33.7 Å². The zero-order chi connectivity index (χ0) is 12.9. The predicted octanol–water partition coefficient (Wildman–Crippen LogP) is 2.37. The maximum Gasteiger partial charge on any atom is 0.128 e. The smallest absolute Gasteiger partial charge is 0.128 e. The van der Waals surface area contributed by atoms with Crippen LogP contribution in [0.3, 0.4) is 0 Å². The molecule has 0 aliphatic rings. The van der Waals surface area contributed by atoms with Crippen LogP contribution in [0.5, 0.6) is 0 Å². The van der Waals surface area contributed by atoms with E-state index in [0.717, 1.165) is 25.3 Å². The van der Waals surface area contributed by atoms with E-state index in [4.69, 9.17) is 4.74 Å². The van der Waals surface area contributed by atoms with Gasteiger partial charge in [-0.2, -0.15) is 0 Å². The van der Waals surface area contributed by atoms with Crippen LogP contribution in [0.4, 0.5) is 0 Å². The molecular formula is C13H25N3O. The topological polar surface area (TPSA) is 39.1 Å². The lowest BCUT2D eigenvalue weighted by Gasteiger charge is -2.33. The fourth-order valence-corrected chi connectivity index (χ4v) is 1.90. The van der Waals surface area contributed by atoms with Crippen LogP contribution in [-0.4, -0.2) is 28.8 Å². The standard InChI is InChI=1S/C13H25N3O/c1-6-8-14-11(13(3,4)17-5)12-15-9-10-16(12)7-2/h9-11,14H,6-8H2,1-5H3. The molecule has 1 aromatic rings. The van der Waals surface area contributed by atoms with Crippen LogP contribution in [-0.2, 0) is 11.3 Å². The molecule has 1 aromatic heterocycles. The van der Waals surface area contributed by atoms with E-state index in [-0.39, 0.29) is 11.6 Å². The summed E-state index contributed by atoms with van der Waals surface area (Å²) in [6.45, 7) is 10.4. The number of imidazole rings is 1. The molecule has 0 saturated carbocycles. The Bertz CT molecular complexity index is 333. The number of ether oxygens (including phenoxy) is 1. The minimum Gasteiger partial charge on any atom is -0.377 e. The van der Waals surface area contributed by atoms with Crippen molar-refractivity contribution in [3.05, 3.63) is 18.2 Å². The third kappa shape index (κ3) is 3.30. The van der Waals surface area contributed by atoms with Crippen molar-refractivity contribution >= 4 is 0 Å². The highest BCUT2D eigenvalue weighted by Gasteiger charge is 2.33. The van der Waals surface area contributed by atoms with Crippen LogP contribution < -0.4 is 5.32 Å². The summed E-state index contributed by atoms with van der Waals surface area (Å²) in [6, 6.07) is 0.113. The van der Waals surface area contributed by atoms with Gasteiger partial charge in [-0.3, -0.25) is 0 Å². The van der Waals surface area contributed by atoms with Crippen LogP contribution >= 0.6 is 0 Å². The van der Waals surface area contributed by atoms with Crippen LogP contribution in [0.2, 0.25) is 0 Å². The number of nitrogens with one attached hydrogen (secondary N) is 1. The molecule has 0 aromatic carbocycles. The molecule has 0 aliphatic heterocycles. The average molecular weight is 239 g/mol. The van der Waals surface area contributed by atoms with E-state index in [9.17, 15) is 0 Å². The third-order valence-corrected chi connectivity index (χ3v) is 3.17. The lowest BCUT2D eigenvalue weighted by atomic mass is 9.97. The molecule has 0 fully saturated rings. The quantitative estimate of drug-likeness (QED) is 0.794. The fourth-order valence-electron chi connectivity index (χ4n) is 1.90. The summed E-state index contributed by atoms with van der Waals surface area (Å²) < 4.78 is 7.77.